The van der Waals surface area contributed by atoms with Crippen LogP contribution >= 0.6 is 0 Å². The molecule has 2 N–H and O–H groups in total. The molecular formula is C14H13N3O. The van der Waals surface area contributed by atoms with Gasteiger partial charge < -0.3 is 10.3 Å². The lowest BCUT2D eigenvalue weighted by Crippen LogP contribution is -2.05. The average molecular weight is 239 g/mol. The van der Waals surface area contributed by atoms with Gasteiger partial charge in [0.25, 0.3) is 0 Å². The van der Waals surface area contributed by atoms with Crippen molar-refractivity contribution in [3.8, 4) is 17.3 Å². The minimum absolute atomic E-state index is 0.0843. The number of rotatable bonds is 3. The fourth-order valence-corrected chi connectivity index (χ4v) is 1.73. The number of aromatic amines is 1. The maximum Gasteiger partial charge on any atom is 0.221 e. The summed E-state index contributed by atoms with van der Waals surface area (Å²) in [6.07, 6.45) is 0.379. The van der Waals surface area contributed by atoms with E-state index in [1.165, 1.54) is 6.92 Å². The van der Waals surface area contributed by atoms with Gasteiger partial charge in [0.2, 0.25) is 5.91 Å². The first-order chi connectivity index (χ1) is 8.69. The van der Waals surface area contributed by atoms with Crippen LogP contribution < -0.4 is 5.32 Å². The lowest BCUT2D eigenvalue weighted by Gasteiger charge is -2.03. The van der Waals surface area contributed by atoms with Crippen LogP contribution in [-0.2, 0) is 11.2 Å². The van der Waals surface area contributed by atoms with Crippen LogP contribution in [0, 0.1) is 11.3 Å². The zero-order valence-electron chi connectivity index (χ0n) is 10.0. The SMILES string of the molecule is CC(=O)Nc1ccc(-c2ccc(CC#N)[nH]2)cc1. The summed E-state index contributed by atoms with van der Waals surface area (Å²) in [7, 11) is 0. The van der Waals surface area contributed by atoms with Crippen LogP contribution in [0.15, 0.2) is 36.4 Å². The maximum atomic E-state index is 10.9. The van der Waals surface area contributed by atoms with Gasteiger partial charge in [-0.25, -0.2) is 0 Å². The first-order valence-electron chi connectivity index (χ1n) is 5.62. The fraction of sp³-hybridized carbons (Fsp3) is 0.143. The highest BCUT2D eigenvalue weighted by Crippen LogP contribution is 2.21. The van der Waals surface area contributed by atoms with E-state index in [1.807, 2.05) is 36.4 Å². The summed E-state index contributed by atoms with van der Waals surface area (Å²) < 4.78 is 0. The Morgan fingerprint density at radius 1 is 1.28 bits per heavy atom. The molecule has 0 unspecified atom stereocenters. The molecule has 0 radical (unpaired) electrons. The minimum atomic E-state index is -0.0843. The Morgan fingerprint density at radius 3 is 2.61 bits per heavy atom. The van der Waals surface area contributed by atoms with Crippen LogP contribution in [-0.4, -0.2) is 10.9 Å². The maximum absolute atomic E-state index is 10.9. The molecule has 0 bridgehead atoms. The Labute approximate surface area is 105 Å². The first kappa shape index (κ1) is 11.9. The number of hydrogen-bond donors (Lipinski definition) is 2. The smallest absolute Gasteiger partial charge is 0.221 e. The number of benzene rings is 1. The molecule has 4 nitrogen and oxygen atoms in total. The van der Waals surface area contributed by atoms with Crippen molar-refractivity contribution in [1.82, 2.24) is 4.98 Å². The van der Waals surface area contributed by atoms with Crippen molar-refractivity contribution in [3.05, 3.63) is 42.1 Å². The molecule has 1 amide bonds. The molecular weight excluding hydrogens is 226 g/mol. The molecule has 2 aromatic rings. The molecule has 90 valence electrons. The molecule has 0 aliphatic rings. The summed E-state index contributed by atoms with van der Waals surface area (Å²) in [6.45, 7) is 1.48. The van der Waals surface area contributed by atoms with E-state index in [1.54, 1.807) is 0 Å². The van der Waals surface area contributed by atoms with Gasteiger partial charge in [0, 0.05) is 24.0 Å². The van der Waals surface area contributed by atoms with E-state index in [0.29, 0.717) is 6.42 Å². The van der Waals surface area contributed by atoms with Crippen molar-refractivity contribution in [2.24, 2.45) is 0 Å². The molecule has 0 saturated heterocycles. The van der Waals surface area contributed by atoms with Crippen LogP contribution in [0.1, 0.15) is 12.6 Å². The van der Waals surface area contributed by atoms with E-state index in [-0.39, 0.29) is 5.91 Å². The predicted molar refractivity (Wildman–Crippen MR) is 69.8 cm³/mol. The molecule has 0 spiro atoms. The van der Waals surface area contributed by atoms with Gasteiger partial charge in [-0.1, -0.05) is 12.1 Å². The normalized spacial score (nSPS) is 9.78. The van der Waals surface area contributed by atoms with Crippen LogP contribution in [0.2, 0.25) is 0 Å². The van der Waals surface area contributed by atoms with Gasteiger partial charge in [-0.3, -0.25) is 4.79 Å². The topological polar surface area (TPSA) is 68.7 Å². The van der Waals surface area contributed by atoms with Crippen molar-refractivity contribution in [1.29, 1.82) is 5.26 Å². The molecule has 1 heterocycles. The summed E-state index contributed by atoms with van der Waals surface area (Å²) >= 11 is 0. The molecule has 0 aliphatic carbocycles. The second-order valence-corrected chi connectivity index (χ2v) is 3.99. The van der Waals surface area contributed by atoms with Crippen LogP contribution in [0.4, 0.5) is 5.69 Å². The standard InChI is InChI=1S/C14H13N3O/c1-10(18)16-12-4-2-11(3-5-12)14-7-6-13(17-14)8-9-15/h2-7,17H,8H2,1H3,(H,16,18). The summed E-state index contributed by atoms with van der Waals surface area (Å²) in [5, 5.41) is 11.3. The number of H-pyrrole nitrogens is 1. The van der Waals surface area contributed by atoms with Crippen LogP contribution in [0.25, 0.3) is 11.3 Å². The molecule has 4 heteroatoms. The van der Waals surface area contributed by atoms with Crippen molar-refractivity contribution in [3.63, 3.8) is 0 Å². The van der Waals surface area contributed by atoms with Gasteiger partial charge in [-0.05, 0) is 29.8 Å². The quantitative estimate of drug-likeness (QED) is 0.864. The lowest BCUT2D eigenvalue weighted by atomic mass is 10.1. The Morgan fingerprint density at radius 2 is 2.00 bits per heavy atom. The van der Waals surface area contributed by atoms with E-state index < -0.39 is 0 Å². The van der Waals surface area contributed by atoms with Gasteiger partial charge in [0.1, 0.15) is 0 Å². The van der Waals surface area contributed by atoms with Crippen LogP contribution in [0.5, 0.6) is 0 Å². The van der Waals surface area contributed by atoms with Gasteiger partial charge >= 0.3 is 0 Å². The number of anilines is 1. The molecule has 0 fully saturated rings. The van der Waals surface area contributed by atoms with Gasteiger partial charge in [-0.15, -0.1) is 0 Å². The third-order valence-corrected chi connectivity index (χ3v) is 2.53. The van der Waals surface area contributed by atoms with Gasteiger partial charge in [0.05, 0.1) is 12.5 Å². The second-order valence-electron chi connectivity index (χ2n) is 3.99. The third kappa shape index (κ3) is 2.77. The second kappa shape index (κ2) is 5.19. The predicted octanol–water partition coefficient (Wildman–Crippen LogP) is 2.71. The zero-order chi connectivity index (χ0) is 13.0. The number of nitrogens with one attached hydrogen (secondary N) is 2. The Balaban J connectivity index is 2.18. The highest BCUT2D eigenvalue weighted by Gasteiger charge is 2.02. The highest BCUT2D eigenvalue weighted by molar-refractivity contribution is 5.88. The third-order valence-electron chi connectivity index (χ3n) is 2.53. The molecule has 1 aromatic heterocycles. The fourth-order valence-electron chi connectivity index (χ4n) is 1.73. The van der Waals surface area contributed by atoms with E-state index in [0.717, 1.165) is 22.6 Å². The monoisotopic (exact) mass is 239 g/mol. The van der Waals surface area contributed by atoms with Crippen molar-refractivity contribution in [2.75, 3.05) is 5.32 Å². The van der Waals surface area contributed by atoms with E-state index in [2.05, 4.69) is 16.4 Å². The van der Waals surface area contributed by atoms with E-state index in [9.17, 15) is 4.79 Å². The van der Waals surface area contributed by atoms with Gasteiger partial charge in [-0.2, -0.15) is 5.26 Å². The first-order valence-corrected chi connectivity index (χ1v) is 5.62. The summed E-state index contributed by atoms with van der Waals surface area (Å²) in [6, 6.07) is 13.5. The Hall–Kier alpha value is -2.54. The minimum Gasteiger partial charge on any atom is -0.358 e. The van der Waals surface area contributed by atoms with E-state index >= 15 is 0 Å². The van der Waals surface area contributed by atoms with Crippen molar-refractivity contribution >= 4 is 11.6 Å². The largest absolute Gasteiger partial charge is 0.358 e. The summed E-state index contributed by atoms with van der Waals surface area (Å²) in [5.74, 6) is -0.0843. The summed E-state index contributed by atoms with van der Waals surface area (Å²) in [5.41, 5.74) is 3.66. The average Bonchev–Trinajstić information content (AvgIpc) is 2.78. The molecule has 2 rings (SSSR count). The highest BCUT2D eigenvalue weighted by atomic mass is 16.1. The number of aromatic nitrogens is 1. The van der Waals surface area contributed by atoms with E-state index in [4.69, 9.17) is 5.26 Å². The number of nitrogens with zero attached hydrogens (tertiary/aromatic N) is 1. The molecule has 1 aromatic carbocycles. The van der Waals surface area contributed by atoms with Crippen molar-refractivity contribution in [2.45, 2.75) is 13.3 Å². The zero-order valence-corrected chi connectivity index (χ0v) is 10.0. The Bertz CT molecular complexity index is 590. The number of carbonyl (C=O) groups is 1. The van der Waals surface area contributed by atoms with Crippen molar-refractivity contribution < 1.29 is 4.79 Å². The number of nitriles is 1. The van der Waals surface area contributed by atoms with Gasteiger partial charge in [0.15, 0.2) is 0 Å². The number of amides is 1. The molecule has 0 aliphatic heterocycles. The summed E-state index contributed by atoms with van der Waals surface area (Å²) in [4.78, 5) is 14.1. The number of hydrogen-bond acceptors (Lipinski definition) is 2. The number of carbonyl (C=O) groups excluding carboxylic acids is 1. The molecule has 18 heavy (non-hydrogen) atoms. The lowest BCUT2D eigenvalue weighted by molar-refractivity contribution is -0.114. The Kier molecular flexibility index (Phi) is 3.44. The molecule has 0 atom stereocenters. The van der Waals surface area contributed by atoms with Crippen LogP contribution in [0.3, 0.4) is 0 Å². The molecule has 0 saturated carbocycles.